The van der Waals surface area contributed by atoms with Gasteiger partial charge in [-0.05, 0) is 57.7 Å². The molecule has 0 unspecified atom stereocenters. The summed E-state index contributed by atoms with van der Waals surface area (Å²) in [6.07, 6.45) is 5.64. The molecule has 2 nitrogen and oxygen atoms in total. The molecule has 1 aliphatic carbocycles. The van der Waals surface area contributed by atoms with Crippen molar-refractivity contribution >= 4 is 0 Å². The van der Waals surface area contributed by atoms with Crippen LogP contribution < -0.4 is 5.32 Å². The standard InChI is InChI=1S/C14H30N2/c1-5-15-10-13-6-8-14(9-7-13)16(4)11-12(2)3/h12-15H,5-11H2,1-4H3/t13-,14-. The van der Waals surface area contributed by atoms with Crippen molar-refractivity contribution < 1.29 is 0 Å². The molecule has 0 atom stereocenters. The van der Waals surface area contributed by atoms with Gasteiger partial charge in [-0.2, -0.15) is 0 Å². The second-order valence-corrected chi connectivity index (χ2v) is 5.82. The Balaban J connectivity index is 2.20. The molecular formula is C14H30N2. The topological polar surface area (TPSA) is 15.3 Å². The van der Waals surface area contributed by atoms with E-state index in [4.69, 9.17) is 0 Å². The van der Waals surface area contributed by atoms with Crippen LogP contribution >= 0.6 is 0 Å². The Labute approximate surface area is 102 Å². The predicted octanol–water partition coefficient (Wildman–Crippen LogP) is 2.74. The number of hydrogen-bond acceptors (Lipinski definition) is 2. The van der Waals surface area contributed by atoms with Crippen LogP contribution in [0.4, 0.5) is 0 Å². The largest absolute Gasteiger partial charge is 0.317 e. The van der Waals surface area contributed by atoms with Gasteiger partial charge in [-0.15, -0.1) is 0 Å². The van der Waals surface area contributed by atoms with E-state index in [1.807, 2.05) is 0 Å². The molecule has 0 saturated heterocycles. The van der Waals surface area contributed by atoms with Crippen molar-refractivity contribution in [2.45, 2.75) is 52.5 Å². The van der Waals surface area contributed by atoms with Gasteiger partial charge in [0.15, 0.2) is 0 Å². The summed E-state index contributed by atoms with van der Waals surface area (Å²) in [5.74, 6) is 1.73. The number of rotatable bonds is 6. The second-order valence-electron chi connectivity index (χ2n) is 5.82. The lowest BCUT2D eigenvalue weighted by atomic mass is 9.85. The smallest absolute Gasteiger partial charge is 0.00925 e. The van der Waals surface area contributed by atoms with E-state index < -0.39 is 0 Å². The van der Waals surface area contributed by atoms with Crippen LogP contribution in [0.15, 0.2) is 0 Å². The first-order valence-electron chi connectivity index (χ1n) is 7.04. The van der Waals surface area contributed by atoms with Gasteiger partial charge in [0.05, 0.1) is 0 Å². The molecule has 1 saturated carbocycles. The fourth-order valence-corrected chi connectivity index (χ4v) is 2.86. The average molecular weight is 226 g/mol. The van der Waals surface area contributed by atoms with E-state index in [9.17, 15) is 0 Å². The third kappa shape index (κ3) is 4.84. The normalized spacial score (nSPS) is 26.6. The minimum atomic E-state index is 0.796. The van der Waals surface area contributed by atoms with Crippen molar-refractivity contribution in [3.63, 3.8) is 0 Å². The van der Waals surface area contributed by atoms with Gasteiger partial charge in [-0.1, -0.05) is 20.8 Å². The van der Waals surface area contributed by atoms with E-state index in [0.29, 0.717) is 0 Å². The lowest BCUT2D eigenvalue weighted by molar-refractivity contribution is 0.151. The minimum absolute atomic E-state index is 0.796. The van der Waals surface area contributed by atoms with Crippen molar-refractivity contribution in [1.29, 1.82) is 0 Å². The van der Waals surface area contributed by atoms with Crippen molar-refractivity contribution in [3.05, 3.63) is 0 Å². The molecule has 0 spiro atoms. The average Bonchev–Trinajstić information content (AvgIpc) is 2.26. The highest BCUT2D eigenvalue weighted by Crippen LogP contribution is 2.26. The van der Waals surface area contributed by atoms with Gasteiger partial charge in [0.1, 0.15) is 0 Å². The lowest BCUT2D eigenvalue weighted by Gasteiger charge is -2.35. The lowest BCUT2D eigenvalue weighted by Crippen LogP contribution is -2.38. The molecule has 1 N–H and O–H groups in total. The van der Waals surface area contributed by atoms with Crippen LogP contribution in [0.2, 0.25) is 0 Å². The Morgan fingerprint density at radius 3 is 2.31 bits per heavy atom. The van der Waals surface area contributed by atoms with Gasteiger partial charge in [0.25, 0.3) is 0 Å². The summed E-state index contributed by atoms with van der Waals surface area (Å²) in [7, 11) is 2.30. The molecule has 0 bridgehead atoms. The molecule has 1 aliphatic rings. The zero-order valence-corrected chi connectivity index (χ0v) is 11.6. The fourth-order valence-electron chi connectivity index (χ4n) is 2.86. The number of nitrogens with zero attached hydrogens (tertiary/aromatic N) is 1. The van der Waals surface area contributed by atoms with Gasteiger partial charge in [-0.3, -0.25) is 0 Å². The molecule has 0 radical (unpaired) electrons. The molecular weight excluding hydrogens is 196 g/mol. The highest BCUT2D eigenvalue weighted by molar-refractivity contribution is 4.79. The highest BCUT2D eigenvalue weighted by Gasteiger charge is 2.23. The molecule has 0 heterocycles. The Kier molecular flexibility index (Phi) is 6.37. The van der Waals surface area contributed by atoms with Crippen LogP contribution in [0.3, 0.4) is 0 Å². The van der Waals surface area contributed by atoms with Crippen molar-refractivity contribution in [1.82, 2.24) is 10.2 Å². The monoisotopic (exact) mass is 226 g/mol. The van der Waals surface area contributed by atoms with Crippen LogP contribution in [-0.4, -0.2) is 37.6 Å². The first-order valence-corrected chi connectivity index (χ1v) is 7.04. The van der Waals surface area contributed by atoms with Gasteiger partial charge < -0.3 is 10.2 Å². The molecule has 1 fully saturated rings. The quantitative estimate of drug-likeness (QED) is 0.749. The van der Waals surface area contributed by atoms with Gasteiger partial charge in [-0.25, -0.2) is 0 Å². The van der Waals surface area contributed by atoms with Crippen molar-refractivity contribution in [2.75, 3.05) is 26.7 Å². The number of nitrogens with one attached hydrogen (secondary N) is 1. The van der Waals surface area contributed by atoms with E-state index in [1.54, 1.807) is 0 Å². The summed E-state index contributed by atoms with van der Waals surface area (Å²) in [5, 5.41) is 3.48. The maximum Gasteiger partial charge on any atom is 0.00925 e. The van der Waals surface area contributed by atoms with Crippen molar-refractivity contribution in [2.24, 2.45) is 11.8 Å². The molecule has 0 amide bonds. The Bertz CT molecular complexity index is 172. The Morgan fingerprint density at radius 1 is 1.19 bits per heavy atom. The zero-order chi connectivity index (χ0) is 12.0. The van der Waals surface area contributed by atoms with Gasteiger partial charge in [0.2, 0.25) is 0 Å². The van der Waals surface area contributed by atoms with E-state index in [-0.39, 0.29) is 0 Å². The van der Waals surface area contributed by atoms with Crippen LogP contribution in [0, 0.1) is 11.8 Å². The molecule has 0 aliphatic heterocycles. The molecule has 16 heavy (non-hydrogen) atoms. The van der Waals surface area contributed by atoms with Crippen molar-refractivity contribution in [3.8, 4) is 0 Å². The maximum atomic E-state index is 3.48. The molecule has 0 aromatic rings. The summed E-state index contributed by atoms with van der Waals surface area (Å²) in [4.78, 5) is 2.58. The molecule has 96 valence electrons. The zero-order valence-electron chi connectivity index (χ0n) is 11.6. The van der Waals surface area contributed by atoms with E-state index >= 15 is 0 Å². The van der Waals surface area contributed by atoms with Crippen LogP contribution in [0.5, 0.6) is 0 Å². The fraction of sp³-hybridized carbons (Fsp3) is 1.00. The minimum Gasteiger partial charge on any atom is -0.317 e. The molecule has 0 aromatic heterocycles. The second kappa shape index (κ2) is 7.29. The van der Waals surface area contributed by atoms with Crippen LogP contribution in [0.25, 0.3) is 0 Å². The SMILES string of the molecule is CCNC[C@H]1CC[C@H](N(C)CC(C)C)CC1. The van der Waals surface area contributed by atoms with Crippen LogP contribution in [0.1, 0.15) is 46.5 Å². The Hall–Kier alpha value is -0.0800. The molecule has 0 aromatic carbocycles. The summed E-state index contributed by atoms with van der Waals surface area (Å²) in [5.41, 5.74) is 0. The summed E-state index contributed by atoms with van der Waals surface area (Å²) >= 11 is 0. The summed E-state index contributed by atoms with van der Waals surface area (Å²) in [6.45, 7) is 10.4. The predicted molar refractivity (Wildman–Crippen MR) is 71.8 cm³/mol. The third-order valence-electron chi connectivity index (χ3n) is 3.78. The maximum absolute atomic E-state index is 3.48. The number of hydrogen-bond donors (Lipinski definition) is 1. The Morgan fingerprint density at radius 2 is 1.81 bits per heavy atom. The van der Waals surface area contributed by atoms with Gasteiger partial charge in [0, 0.05) is 12.6 Å². The summed E-state index contributed by atoms with van der Waals surface area (Å²) in [6, 6.07) is 0.847. The highest BCUT2D eigenvalue weighted by atomic mass is 15.1. The van der Waals surface area contributed by atoms with E-state index in [2.05, 4.69) is 38.0 Å². The first kappa shape index (κ1) is 14.0. The first-order chi connectivity index (χ1) is 7.63. The van der Waals surface area contributed by atoms with Gasteiger partial charge >= 0.3 is 0 Å². The van der Waals surface area contributed by atoms with E-state index in [0.717, 1.165) is 24.4 Å². The third-order valence-corrected chi connectivity index (χ3v) is 3.78. The van der Waals surface area contributed by atoms with Crippen LogP contribution in [-0.2, 0) is 0 Å². The molecule has 2 heteroatoms. The summed E-state index contributed by atoms with van der Waals surface area (Å²) < 4.78 is 0. The van der Waals surface area contributed by atoms with E-state index in [1.165, 1.54) is 38.8 Å². The molecule has 1 rings (SSSR count).